The van der Waals surface area contributed by atoms with Gasteiger partial charge in [0, 0.05) is 19.1 Å². The van der Waals surface area contributed by atoms with E-state index >= 15 is 0 Å². The Morgan fingerprint density at radius 1 is 1.35 bits per heavy atom. The second kappa shape index (κ2) is 7.98. The number of amides is 2. The predicted molar refractivity (Wildman–Crippen MR) is 88.8 cm³/mol. The Bertz CT molecular complexity index is 563. The molecule has 0 aliphatic carbocycles. The average molecular weight is 315 g/mol. The summed E-state index contributed by atoms with van der Waals surface area (Å²) >= 11 is 0. The highest BCUT2D eigenvalue weighted by molar-refractivity contribution is 5.74. The number of hydrogen-bond acceptors (Lipinski definition) is 3. The van der Waals surface area contributed by atoms with Crippen LogP contribution in [0.3, 0.4) is 0 Å². The summed E-state index contributed by atoms with van der Waals surface area (Å²) in [5.41, 5.74) is 1.59. The monoisotopic (exact) mass is 315 g/mol. The highest BCUT2D eigenvalue weighted by Gasteiger charge is 2.30. The van der Waals surface area contributed by atoms with Gasteiger partial charge in [0.1, 0.15) is 0 Å². The molecular weight excluding hydrogens is 290 g/mol. The minimum Gasteiger partial charge on any atom is -0.378 e. The van der Waals surface area contributed by atoms with Crippen molar-refractivity contribution in [3.8, 4) is 6.07 Å². The van der Waals surface area contributed by atoms with Crippen molar-refractivity contribution in [3.63, 3.8) is 0 Å². The number of nitrogens with one attached hydrogen (secondary N) is 2. The second-order valence-corrected chi connectivity index (χ2v) is 6.44. The number of carbonyl (C=O) groups is 1. The van der Waals surface area contributed by atoms with Gasteiger partial charge in [0.25, 0.3) is 0 Å². The van der Waals surface area contributed by atoms with Gasteiger partial charge in [-0.2, -0.15) is 5.26 Å². The van der Waals surface area contributed by atoms with Crippen molar-refractivity contribution in [2.24, 2.45) is 11.8 Å². The fourth-order valence-corrected chi connectivity index (χ4v) is 3.01. The third kappa shape index (κ3) is 4.70. The zero-order chi connectivity index (χ0) is 16.8. The first kappa shape index (κ1) is 17.3. The van der Waals surface area contributed by atoms with Gasteiger partial charge in [0.2, 0.25) is 0 Å². The van der Waals surface area contributed by atoms with Gasteiger partial charge in [-0.05, 0) is 37.0 Å². The van der Waals surface area contributed by atoms with Gasteiger partial charge in [-0.1, -0.05) is 26.0 Å². The minimum atomic E-state index is -0.170. The molecule has 1 saturated heterocycles. The summed E-state index contributed by atoms with van der Waals surface area (Å²) in [4.78, 5) is 12.1. The Balaban J connectivity index is 1.81. The smallest absolute Gasteiger partial charge is 0.315 e. The number of ether oxygens (including phenoxy) is 1. The molecule has 0 bridgehead atoms. The van der Waals surface area contributed by atoms with Crippen LogP contribution in [0.15, 0.2) is 24.3 Å². The zero-order valence-corrected chi connectivity index (χ0v) is 14.0. The second-order valence-electron chi connectivity index (χ2n) is 6.44. The molecule has 5 nitrogen and oxygen atoms in total. The van der Waals surface area contributed by atoms with Gasteiger partial charge in [-0.15, -0.1) is 0 Å². The molecule has 0 spiro atoms. The van der Waals surface area contributed by atoms with E-state index in [1.54, 1.807) is 12.1 Å². The van der Waals surface area contributed by atoms with Crippen molar-refractivity contribution in [2.75, 3.05) is 13.2 Å². The summed E-state index contributed by atoms with van der Waals surface area (Å²) in [7, 11) is 0. The quantitative estimate of drug-likeness (QED) is 0.877. The predicted octanol–water partition coefficient (Wildman–Crippen LogP) is 2.98. The molecule has 0 aromatic heterocycles. The van der Waals surface area contributed by atoms with Crippen LogP contribution >= 0.6 is 0 Å². The Morgan fingerprint density at radius 2 is 2.04 bits per heavy atom. The maximum atomic E-state index is 12.1. The Hall–Kier alpha value is -2.06. The number of benzene rings is 1. The molecule has 1 aromatic carbocycles. The molecule has 1 aliphatic heterocycles. The lowest BCUT2D eigenvalue weighted by Gasteiger charge is -2.23. The molecule has 0 radical (unpaired) electrons. The standard InChI is InChI=1S/C18H25N3O2/c1-12(2)17-16(8-9-23-17)11-20-18(22)21-13(3)15-6-4-14(10-19)5-7-15/h4-7,12-13,16-17H,8-9,11H2,1-3H3,(H2,20,21,22)/t13-,16+,17-/m0/s1. The molecule has 5 heteroatoms. The summed E-state index contributed by atoms with van der Waals surface area (Å²) < 4.78 is 5.73. The van der Waals surface area contributed by atoms with Crippen LogP contribution in [-0.2, 0) is 4.74 Å². The fourth-order valence-electron chi connectivity index (χ4n) is 3.01. The van der Waals surface area contributed by atoms with Gasteiger partial charge in [-0.25, -0.2) is 4.79 Å². The van der Waals surface area contributed by atoms with E-state index in [1.807, 2.05) is 19.1 Å². The van der Waals surface area contributed by atoms with Crippen LogP contribution in [0, 0.1) is 23.2 Å². The third-order valence-corrected chi connectivity index (χ3v) is 4.33. The first-order chi connectivity index (χ1) is 11.0. The molecule has 1 heterocycles. The molecule has 0 unspecified atom stereocenters. The largest absolute Gasteiger partial charge is 0.378 e. The van der Waals surface area contributed by atoms with Gasteiger partial charge in [-0.3, -0.25) is 0 Å². The molecule has 2 amide bonds. The molecule has 0 saturated carbocycles. The number of carbonyl (C=O) groups excluding carboxylic acids is 1. The summed E-state index contributed by atoms with van der Waals surface area (Å²) in [6, 6.07) is 9.05. The lowest BCUT2D eigenvalue weighted by Crippen LogP contribution is -2.41. The summed E-state index contributed by atoms with van der Waals surface area (Å²) in [6.45, 7) is 7.63. The first-order valence-corrected chi connectivity index (χ1v) is 8.17. The number of nitriles is 1. The topological polar surface area (TPSA) is 74.2 Å². The maximum Gasteiger partial charge on any atom is 0.315 e. The van der Waals surface area contributed by atoms with Crippen LogP contribution in [0.5, 0.6) is 0 Å². The molecule has 2 N–H and O–H groups in total. The van der Waals surface area contributed by atoms with Crippen LogP contribution in [0.25, 0.3) is 0 Å². The Labute approximate surface area is 138 Å². The van der Waals surface area contributed by atoms with E-state index < -0.39 is 0 Å². The highest BCUT2D eigenvalue weighted by Crippen LogP contribution is 2.26. The molecule has 1 aromatic rings. The highest BCUT2D eigenvalue weighted by atomic mass is 16.5. The van der Waals surface area contributed by atoms with Gasteiger partial charge in [0.15, 0.2) is 0 Å². The van der Waals surface area contributed by atoms with E-state index in [4.69, 9.17) is 10.00 Å². The van der Waals surface area contributed by atoms with Crippen molar-refractivity contribution in [3.05, 3.63) is 35.4 Å². The SMILES string of the molecule is CC(C)[C@@H]1OCC[C@@H]1CNC(=O)N[C@@H](C)c1ccc(C#N)cc1. The van der Waals surface area contributed by atoms with E-state index in [0.717, 1.165) is 18.6 Å². The van der Waals surface area contributed by atoms with Crippen molar-refractivity contribution >= 4 is 6.03 Å². The van der Waals surface area contributed by atoms with Crippen LogP contribution in [0.4, 0.5) is 4.79 Å². The van der Waals surface area contributed by atoms with Crippen LogP contribution in [-0.4, -0.2) is 25.3 Å². The van der Waals surface area contributed by atoms with Crippen molar-refractivity contribution < 1.29 is 9.53 Å². The van der Waals surface area contributed by atoms with E-state index in [0.29, 0.717) is 23.9 Å². The van der Waals surface area contributed by atoms with Crippen LogP contribution < -0.4 is 10.6 Å². The lowest BCUT2D eigenvalue weighted by molar-refractivity contribution is 0.0545. The van der Waals surface area contributed by atoms with Crippen molar-refractivity contribution in [1.29, 1.82) is 5.26 Å². The number of nitrogens with zero attached hydrogens (tertiary/aromatic N) is 1. The Morgan fingerprint density at radius 3 is 2.65 bits per heavy atom. The summed E-state index contributed by atoms with van der Waals surface area (Å²) in [6.07, 6.45) is 1.22. The number of urea groups is 1. The van der Waals surface area contributed by atoms with Crippen molar-refractivity contribution in [2.45, 2.75) is 39.3 Å². The fraction of sp³-hybridized carbons (Fsp3) is 0.556. The molecular formula is C18H25N3O2. The molecule has 1 fully saturated rings. The van der Waals surface area contributed by atoms with Gasteiger partial charge in [0.05, 0.1) is 23.8 Å². The molecule has 3 atom stereocenters. The molecule has 124 valence electrons. The van der Waals surface area contributed by atoms with Crippen LogP contribution in [0.2, 0.25) is 0 Å². The minimum absolute atomic E-state index is 0.108. The summed E-state index contributed by atoms with van der Waals surface area (Å²) in [5, 5.41) is 14.7. The van der Waals surface area contributed by atoms with E-state index in [9.17, 15) is 4.79 Å². The lowest BCUT2D eigenvalue weighted by atomic mass is 9.93. The average Bonchev–Trinajstić information content (AvgIpc) is 3.01. The zero-order valence-electron chi connectivity index (χ0n) is 14.0. The third-order valence-electron chi connectivity index (χ3n) is 4.33. The van der Waals surface area contributed by atoms with Crippen LogP contribution in [0.1, 0.15) is 44.4 Å². The van der Waals surface area contributed by atoms with E-state index in [-0.39, 0.29) is 18.2 Å². The molecule has 1 aliphatic rings. The Kier molecular flexibility index (Phi) is 6.00. The van der Waals surface area contributed by atoms with Gasteiger partial charge >= 0.3 is 6.03 Å². The number of rotatable bonds is 5. The number of hydrogen-bond donors (Lipinski definition) is 2. The molecule has 23 heavy (non-hydrogen) atoms. The van der Waals surface area contributed by atoms with Crippen molar-refractivity contribution in [1.82, 2.24) is 10.6 Å². The van der Waals surface area contributed by atoms with Gasteiger partial charge < -0.3 is 15.4 Å². The van der Waals surface area contributed by atoms with E-state index in [1.165, 1.54) is 0 Å². The normalized spacial score (nSPS) is 21.7. The first-order valence-electron chi connectivity index (χ1n) is 8.17. The molecule has 2 rings (SSSR count). The maximum absolute atomic E-state index is 12.1. The van der Waals surface area contributed by atoms with E-state index in [2.05, 4.69) is 30.6 Å². The summed E-state index contributed by atoms with van der Waals surface area (Å²) in [5.74, 6) is 0.843.